The zero-order valence-electron chi connectivity index (χ0n) is 11.0. The molecule has 2 rings (SSSR count). The lowest BCUT2D eigenvalue weighted by atomic mass is 9.86. The lowest BCUT2D eigenvalue weighted by Crippen LogP contribution is -2.10. The van der Waals surface area contributed by atoms with E-state index in [2.05, 4.69) is 20.8 Å². The van der Waals surface area contributed by atoms with Crippen molar-refractivity contribution in [2.75, 3.05) is 5.73 Å². The van der Waals surface area contributed by atoms with Gasteiger partial charge in [0.05, 0.1) is 0 Å². The van der Waals surface area contributed by atoms with Gasteiger partial charge in [0.2, 0.25) is 0 Å². The van der Waals surface area contributed by atoms with Gasteiger partial charge in [-0.2, -0.15) is 0 Å². The van der Waals surface area contributed by atoms with Gasteiger partial charge in [0, 0.05) is 11.3 Å². The van der Waals surface area contributed by atoms with Crippen molar-refractivity contribution in [1.82, 2.24) is 0 Å². The number of nitrogen functional groups attached to an aromatic ring is 1. The average Bonchev–Trinajstić information content (AvgIpc) is 2.31. The van der Waals surface area contributed by atoms with E-state index in [4.69, 9.17) is 5.73 Å². The van der Waals surface area contributed by atoms with Crippen LogP contribution in [0.1, 0.15) is 26.3 Å². The molecule has 0 fully saturated rings. The zero-order valence-corrected chi connectivity index (χ0v) is 11.0. The van der Waals surface area contributed by atoms with Crippen molar-refractivity contribution in [2.24, 2.45) is 0 Å². The first-order valence-corrected chi connectivity index (χ1v) is 6.04. The highest BCUT2D eigenvalue weighted by Crippen LogP contribution is 2.28. The third kappa shape index (κ3) is 2.53. The highest BCUT2D eigenvalue weighted by atomic mass is 19.1. The molecule has 1 nitrogen and oxygen atoms in total. The standard InChI is InChI=1S/C16H18FN/c1-16(2,3)12-6-4-11(5-7-12)14-10-13(18)8-9-15(14)17/h4-10H,18H2,1-3H3. The quantitative estimate of drug-likeness (QED) is 0.739. The van der Waals surface area contributed by atoms with E-state index in [9.17, 15) is 4.39 Å². The van der Waals surface area contributed by atoms with E-state index in [1.807, 2.05) is 24.3 Å². The Balaban J connectivity index is 2.43. The maximum atomic E-state index is 13.7. The van der Waals surface area contributed by atoms with Gasteiger partial charge in [-0.15, -0.1) is 0 Å². The summed E-state index contributed by atoms with van der Waals surface area (Å²) in [6.07, 6.45) is 0. The predicted octanol–water partition coefficient (Wildman–Crippen LogP) is 4.37. The summed E-state index contributed by atoms with van der Waals surface area (Å²) in [5, 5.41) is 0. The van der Waals surface area contributed by atoms with Crippen LogP contribution in [0.4, 0.5) is 10.1 Å². The maximum absolute atomic E-state index is 13.7. The number of halogens is 1. The molecule has 0 saturated carbocycles. The van der Waals surface area contributed by atoms with Crippen LogP contribution in [0.25, 0.3) is 11.1 Å². The minimum atomic E-state index is -0.243. The second-order valence-corrected chi connectivity index (χ2v) is 5.57. The molecule has 0 heterocycles. The molecule has 0 radical (unpaired) electrons. The van der Waals surface area contributed by atoms with Crippen LogP contribution in [0.15, 0.2) is 42.5 Å². The van der Waals surface area contributed by atoms with Gasteiger partial charge in [-0.25, -0.2) is 4.39 Å². The summed E-state index contributed by atoms with van der Waals surface area (Å²) in [7, 11) is 0. The first-order valence-electron chi connectivity index (χ1n) is 6.04. The Morgan fingerprint density at radius 3 is 2.11 bits per heavy atom. The van der Waals surface area contributed by atoms with E-state index in [0.717, 1.165) is 5.56 Å². The minimum absolute atomic E-state index is 0.104. The van der Waals surface area contributed by atoms with Gasteiger partial charge in [0.1, 0.15) is 5.82 Å². The van der Waals surface area contributed by atoms with Crippen LogP contribution in [-0.2, 0) is 5.41 Å². The molecule has 0 spiro atoms. The van der Waals surface area contributed by atoms with Crippen LogP contribution in [0.5, 0.6) is 0 Å². The monoisotopic (exact) mass is 243 g/mol. The number of anilines is 1. The molecule has 0 aliphatic carbocycles. The molecule has 2 N–H and O–H groups in total. The van der Waals surface area contributed by atoms with Crippen molar-refractivity contribution in [1.29, 1.82) is 0 Å². The summed E-state index contributed by atoms with van der Waals surface area (Å²) in [6.45, 7) is 6.47. The molecule has 0 aliphatic heterocycles. The fourth-order valence-corrected chi connectivity index (χ4v) is 1.91. The number of hydrogen-bond donors (Lipinski definition) is 1. The van der Waals surface area contributed by atoms with E-state index < -0.39 is 0 Å². The van der Waals surface area contributed by atoms with Crippen LogP contribution in [0.3, 0.4) is 0 Å². The molecule has 0 aromatic heterocycles. The van der Waals surface area contributed by atoms with Crippen LogP contribution in [-0.4, -0.2) is 0 Å². The Morgan fingerprint density at radius 2 is 1.56 bits per heavy atom. The second-order valence-electron chi connectivity index (χ2n) is 5.57. The molecular formula is C16H18FN. The number of rotatable bonds is 1. The van der Waals surface area contributed by atoms with Gasteiger partial charge in [0.15, 0.2) is 0 Å². The summed E-state index contributed by atoms with van der Waals surface area (Å²) in [5.74, 6) is -0.243. The lowest BCUT2D eigenvalue weighted by Gasteiger charge is -2.19. The number of benzene rings is 2. The lowest BCUT2D eigenvalue weighted by molar-refractivity contribution is 0.590. The van der Waals surface area contributed by atoms with Crippen molar-refractivity contribution in [3.8, 4) is 11.1 Å². The first kappa shape index (κ1) is 12.6. The third-order valence-electron chi connectivity index (χ3n) is 3.05. The van der Waals surface area contributed by atoms with Gasteiger partial charge >= 0.3 is 0 Å². The summed E-state index contributed by atoms with van der Waals surface area (Å²) in [4.78, 5) is 0. The van der Waals surface area contributed by atoms with Gasteiger partial charge in [-0.05, 0) is 34.7 Å². The smallest absolute Gasteiger partial charge is 0.131 e. The summed E-state index contributed by atoms with van der Waals surface area (Å²) in [6, 6.07) is 12.6. The van der Waals surface area contributed by atoms with Crippen LogP contribution < -0.4 is 5.73 Å². The van der Waals surface area contributed by atoms with Crippen molar-refractivity contribution in [3.05, 3.63) is 53.8 Å². The third-order valence-corrected chi connectivity index (χ3v) is 3.05. The molecule has 94 valence electrons. The molecule has 0 aliphatic rings. The Bertz CT molecular complexity index is 550. The molecular weight excluding hydrogens is 225 g/mol. The highest BCUT2D eigenvalue weighted by Gasteiger charge is 2.13. The first-order chi connectivity index (χ1) is 8.38. The van der Waals surface area contributed by atoms with Gasteiger partial charge < -0.3 is 5.73 Å². The van der Waals surface area contributed by atoms with E-state index in [-0.39, 0.29) is 11.2 Å². The second kappa shape index (κ2) is 4.45. The van der Waals surface area contributed by atoms with E-state index in [0.29, 0.717) is 11.3 Å². The molecule has 0 atom stereocenters. The highest BCUT2D eigenvalue weighted by molar-refractivity contribution is 5.68. The Hall–Kier alpha value is -1.83. The Labute approximate surface area is 107 Å². The Kier molecular flexibility index (Phi) is 3.12. The largest absolute Gasteiger partial charge is 0.399 e. The topological polar surface area (TPSA) is 26.0 Å². The summed E-state index contributed by atoms with van der Waals surface area (Å²) in [5.41, 5.74) is 9.01. The van der Waals surface area contributed by atoms with Gasteiger partial charge in [-0.1, -0.05) is 45.0 Å². The molecule has 0 saturated heterocycles. The van der Waals surface area contributed by atoms with Crippen molar-refractivity contribution >= 4 is 5.69 Å². The average molecular weight is 243 g/mol. The fraction of sp³-hybridized carbons (Fsp3) is 0.250. The Morgan fingerprint density at radius 1 is 0.944 bits per heavy atom. The number of hydrogen-bond acceptors (Lipinski definition) is 1. The molecule has 0 bridgehead atoms. The molecule has 2 heteroatoms. The molecule has 18 heavy (non-hydrogen) atoms. The van der Waals surface area contributed by atoms with E-state index >= 15 is 0 Å². The SMILES string of the molecule is CC(C)(C)c1ccc(-c2cc(N)ccc2F)cc1. The van der Waals surface area contributed by atoms with E-state index in [1.54, 1.807) is 12.1 Å². The van der Waals surface area contributed by atoms with Crippen LogP contribution in [0, 0.1) is 5.82 Å². The van der Waals surface area contributed by atoms with E-state index in [1.165, 1.54) is 11.6 Å². The molecule has 2 aromatic rings. The molecule has 2 aromatic carbocycles. The predicted molar refractivity (Wildman–Crippen MR) is 74.9 cm³/mol. The minimum Gasteiger partial charge on any atom is -0.399 e. The molecule has 0 amide bonds. The zero-order chi connectivity index (χ0) is 13.3. The van der Waals surface area contributed by atoms with Crippen molar-refractivity contribution < 1.29 is 4.39 Å². The summed E-state index contributed by atoms with van der Waals surface area (Å²) < 4.78 is 13.7. The summed E-state index contributed by atoms with van der Waals surface area (Å²) >= 11 is 0. The van der Waals surface area contributed by atoms with Gasteiger partial charge in [0.25, 0.3) is 0 Å². The van der Waals surface area contributed by atoms with Crippen LogP contribution >= 0.6 is 0 Å². The normalized spacial score (nSPS) is 11.6. The van der Waals surface area contributed by atoms with Gasteiger partial charge in [-0.3, -0.25) is 0 Å². The molecule has 0 unspecified atom stereocenters. The van der Waals surface area contributed by atoms with Crippen molar-refractivity contribution in [2.45, 2.75) is 26.2 Å². The maximum Gasteiger partial charge on any atom is 0.131 e. The van der Waals surface area contributed by atoms with Crippen molar-refractivity contribution in [3.63, 3.8) is 0 Å². The fourth-order valence-electron chi connectivity index (χ4n) is 1.91. The number of nitrogens with two attached hydrogens (primary N) is 1. The van der Waals surface area contributed by atoms with Crippen LogP contribution in [0.2, 0.25) is 0 Å².